The Morgan fingerprint density at radius 3 is 2.67 bits per heavy atom. The van der Waals surface area contributed by atoms with Crippen molar-refractivity contribution in [3.8, 4) is 0 Å². The highest BCUT2D eigenvalue weighted by Gasteiger charge is 2.05. The maximum atomic E-state index is 13.3. The zero-order valence-electron chi connectivity index (χ0n) is 9.65. The molecule has 94 valence electrons. The molecule has 1 amide bonds. The lowest BCUT2D eigenvalue weighted by molar-refractivity contribution is 0.100. The number of nitrogens with two attached hydrogens (primary N) is 1. The fourth-order valence-electron chi connectivity index (χ4n) is 1.57. The van der Waals surface area contributed by atoms with E-state index in [1.807, 2.05) is 6.07 Å². The summed E-state index contributed by atoms with van der Waals surface area (Å²) < 4.78 is 13.3. The van der Waals surface area contributed by atoms with E-state index in [1.165, 1.54) is 17.4 Å². The molecule has 5 heteroatoms. The van der Waals surface area contributed by atoms with E-state index in [1.54, 1.807) is 24.3 Å². The van der Waals surface area contributed by atoms with Crippen LogP contribution in [0.2, 0.25) is 0 Å². The summed E-state index contributed by atoms with van der Waals surface area (Å²) in [5.41, 5.74) is 5.80. The first-order valence-corrected chi connectivity index (χ1v) is 6.31. The molecule has 1 aromatic carbocycles. The van der Waals surface area contributed by atoms with E-state index < -0.39 is 5.91 Å². The maximum Gasteiger partial charge on any atom is 0.258 e. The van der Waals surface area contributed by atoms with Crippen LogP contribution in [0.3, 0.4) is 0 Å². The highest BCUT2D eigenvalue weighted by Crippen LogP contribution is 2.15. The van der Waals surface area contributed by atoms with Crippen molar-refractivity contribution >= 4 is 17.2 Å². The van der Waals surface area contributed by atoms with Gasteiger partial charge in [0.05, 0.1) is 4.88 Å². The lowest BCUT2D eigenvalue weighted by atomic mass is 10.2. The zero-order chi connectivity index (χ0) is 13.0. The second-order valence-corrected chi connectivity index (χ2v) is 4.99. The number of amides is 1. The van der Waals surface area contributed by atoms with Crippen molar-refractivity contribution in [3.05, 3.63) is 57.5 Å². The molecule has 18 heavy (non-hydrogen) atoms. The van der Waals surface area contributed by atoms with Gasteiger partial charge in [0.2, 0.25) is 0 Å². The summed E-state index contributed by atoms with van der Waals surface area (Å²) in [6, 6.07) is 10.2. The molecule has 0 bridgehead atoms. The van der Waals surface area contributed by atoms with Crippen molar-refractivity contribution in [2.24, 2.45) is 5.73 Å². The van der Waals surface area contributed by atoms with Gasteiger partial charge in [0.1, 0.15) is 5.82 Å². The Hall–Kier alpha value is -1.72. The SMILES string of the molecule is NC(=O)c1ccc(CNCc2ccccc2F)s1. The molecule has 2 rings (SSSR count). The van der Waals surface area contributed by atoms with Gasteiger partial charge in [-0.2, -0.15) is 0 Å². The number of carbonyl (C=O) groups excluding carboxylic acids is 1. The average Bonchev–Trinajstić information content (AvgIpc) is 2.80. The standard InChI is InChI=1S/C13H13FN2OS/c14-11-4-2-1-3-9(11)7-16-8-10-5-6-12(18-10)13(15)17/h1-6,16H,7-8H2,(H2,15,17). The monoisotopic (exact) mass is 264 g/mol. The summed E-state index contributed by atoms with van der Waals surface area (Å²) in [4.78, 5) is 12.5. The molecule has 3 N–H and O–H groups in total. The zero-order valence-corrected chi connectivity index (χ0v) is 10.5. The minimum Gasteiger partial charge on any atom is -0.365 e. The molecular formula is C13H13FN2OS. The van der Waals surface area contributed by atoms with Gasteiger partial charge in [-0.3, -0.25) is 4.79 Å². The van der Waals surface area contributed by atoms with Crippen LogP contribution in [0.4, 0.5) is 4.39 Å². The third kappa shape index (κ3) is 3.15. The predicted molar refractivity (Wildman–Crippen MR) is 69.8 cm³/mol. The van der Waals surface area contributed by atoms with Crippen molar-refractivity contribution in [1.29, 1.82) is 0 Å². The molecule has 0 fully saturated rings. The van der Waals surface area contributed by atoms with E-state index in [0.29, 0.717) is 23.5 Å². The first-order valence-electron chi connectivity index (χ1n) is 5.49. The van der Waals surface area contributed by atoms with Crippen LogP contribution < -0.4 is 11.1 Å². The Labute approximate surface area is 108 Å². The molecule has 2 aromatic rings. The number of hydrogen-bond acceptors (Lipinski definition) is 3. The molecule has 0 spiro atoms. The van der Waals surface area contributed by atoms with Gasteiger partial charge in [-0.25, -0.2) is 4.39 Å². The van der Waals surface area contributed by atoms with Crippen molar-refractivity contribution < 1.29 is 9.18 Å². The van der Waals surface area contributed by atoms with E-state index in [9.17, 15) is 9.18 Å². The van der Waals surface area contributed by atoms with Gasteiger partial charge in [-0.15, -0.1) is 11.3 Å². The summed E-state index contributed by atoms with van der Waals surface area (Å²) in [5, 5.41) is 3.13. The second kappa shape index (κ2) is 5.75. The van der Waals surface area contributed by atoms with Gasteiger partial charge >= 0.3 is 0 Å². The Kier molecular flexibility index (Phi) is 4.07. The lowest BCUT2D eigenvalue weighted by Crippen LogP contribution is -2.12. The van der Waals surface area contributed by atoms with Gasteiger partial charge in [-0.1, -0.05) is 18.2 Å². The number of benzene rings is 1. The van der Waals surface area contributed by atoms with E-state index in [0.717, 1.165) is 4.88 Å². The second-order valence-electron chi connectivity index (χ2n) is 3.83. The van der Waals surface area contributed by atoms with Gasteiger partial charge in [0, 0.05) is 23.5 Å². The molecule has 0 unspecified atom stereocenters. The fraction of sp³-hybridized carbons (Fsp3) is 0.154. The van der Waals surface area contributed by atoms with Crippen LogP contribution in [0.1, 0.15) is 20.1 Å². The molecule has 0 atom stereocenters. The van der Waals surface area contributed by atoms with Gasteiger partial charge < -0.3 is 11.1 Å². The average molecular weight is 264 g/mol. The lowest BCUT2D eigenvalue weighted by Gasteiger charge is -2.04. The molecule has 3 nitrogen and oxygen atoms in total. The minimum atomic E-state index is -0.416. The van der Waals surface area contributed by atoms with Crippen LogP contribution in [-0.4, -0.2) is 5.91 Å². The first kappa shape index (κ1) is 12.7. The number of hydrogen-bond donors (Lipinski definition) is 2. The van der Waals surface area contributed by atoms with E-state index in [-0.39, 0.29) is 5.82 Å². The van der Waals surface area contributed by atoms with Gasteiger partial charge in [0.25, 0.3) is 5.91 Å². The highest BCUT2D eigenvalue weighted by molar-refractivity contribution is 7.14. The largest absolute Gasteiger partial charge is 0.365 e. The van der Waals surface area contributed by atoms with Crippen LogP contribution in [0, 0.1) is 5.82 Å². The Bertz CT molecular complexity index is 553. The Morgan fingerprint density at radius 2 is 2.00 bits per heavy atom. The van der Waals surface area contributed by atoms with E-state index in [4.69, 9.17) is 5.73 Å². The van der Waals surface area contributed by atoms with Crippen LogP contribution in [0.15, 0.2) is 36.4 Å². The molecule has 1 heterocycles. The molecule has 0 aliphatic heterocycles. The van der Waals surface area contributed by atoms with Crippen LogP contribution in [0.5, 0.6) is 0 Å². The topological polar surface area (TPSA) is 55.1 Å². The number of carbonyl (C=O) groups is 1. The number of thiophene rings is 1. The smallest absolute Gasteiger partial charge is 0.258 e. The highest BCUT2D eigenvalue weighted by atomic mass is 32.1. The Balaban J connectivity index is 1.88. The maximum absolute atomic E-state index is 13.3. The van der Waals surface area contributed by atoms with E-state index >= 15 is 0 Å². The molecule has 0 radical (unpaired) electrons. The molecule has 0 saturated carbocycles. The van der Waals surface area contributed by atoms with Crippen molar-refractivity contribution in [3.63, 3.8) is 0 Å². The molecule has 1 aromatic heterocycles. The van der Waals surface area contributed by atoms with Crippen LogP contribution >= 0.6 is 11.3 Å². The first-order chi connectivity index (χ1) is 8.66. The number of nitrogens with one attached hydrogen (secondary N) is 1. The Morgan fingerprint density at radius 1 is 1.22 bits per heavy atom. The van der Waals surface area contributed by atoms with Crippen molar-refractivity contribution in [2.75, 3.05) is 0 Å². The predicted octanol–water partition coefficient (Wildman–Crippen LogP) is 2.28. The molecule has 0 aliphatic rings. The summed E-state index contributed by atoms with van der Waals surface area (Å²) in [6.07, 6.45) is 0. The summed E-state index contributed by atoms with van der Waals surface area (Å²) in [5.74, 6) is -0.630. The third-order valence-corrected chi connectivity index (χ3v) is 3.58. The third-order valence-electron chi connectivity index (χ3n) is 2.48. The molecular weight excluding hydrogens is 251 g/mol. The number of primary amides is 1. The molecule has 0 saturated heterocycles. The quantitative estimate of drug-likeness (QED) is 0.870. The summed E-state index contributed by atoms with van der Waals surface area (Å²) in [6.45, 7) is 1.04. The van der Waals surface area contributed by atoms with Crippen LogP contribution in [0.25, 0.3) is 0 Å². The van der Waals surface area contributed by atoms with E-state index in [2.05, 4.69) is 5.32 Å². The summed E-state index contributed by atoms with van der Waals surface area (Å²) in [7, 11) is 0. The molecule has 0 aliphatic carbocycles. The number of rotatable bonds is 5. The van der Waals surface area contributed by atoms with Crippen LogP contribution in [-0.2, 0) is 13.1 Å². The number of halogens is 1. The normalized spacial score (nSPS) is 10.5. The van der Waals surface area contributed by atoms with Crippen molar-refractivity contribution in [1.82, 2.24) is 5.32 Å². The van der Waals surface area contributed by atoms with Crippen molar-refractivity contribution in [2.45, 2.75) is 13.1 Å². The van der Waals surface area contributed by atoms with Gasteiger partial charge in [-0.05, 0) is 18.2 Å². The minimum absolute atomic E-state index is 0.214. The van der Waals surface area contributed by atoms with Gasteiger partial charge in [0.15, 0.2) is 0 Å². The fourth-order valence-corrected chi connectivity index (χ4v) is 2.40. The summed E-state index contributed by atoms with van der Waals surface area (Å²) >= 11 is 1.35.